The number of alkyl halides is 3. The Morgan fingerprint density at radius 3 is 2.15 bits per heavy atom. The lowest BCUT2D eigenvalue weighted by Crippen LogP contribution is -2.16. The minimum Gasteiger partial charge on any atom is -0.493 e. The molecular formula is C27H22F3NO3. The van der Waals surface area contributed by atoms with Gasteiger partial charge in [-0.15, -0.1) is 0 Å². The van der Waals surface area contributed by atoms with Crippen LogP contribution in [0.4, 0.5) is 18.9 Å². The highest BCUT2D eigenvalue weighted by atomic mass is 19.4. The highest BCUT2D eigenvalue weighted by Crippen LogP contribution is 2.39. The van der Waals surface area contributed by atoms with Gasteiger partial charge in [0.15, 0.2) is 11.5 Å². The number of fused-ring (bicyclic) bond motifs is 1. The molecule has 0 heterocycles. The Kier molecular flexibility index (Phi) is 6.20. The summed E-state index contributed by atoms with van der Waals surface area (Å²) in [6.45, 7) is 1.97. The van der Waals surface area contributed by atoms with Gasteiger partial charge in [0.1, 0.15) is 0 Å². The fraction of sp³-hybridized carbons (Fsp3) is 0.148. The molecule has 0 radical (unpaired) electrons. The van der Waals surface area contributed by atoms with Crippen molar-refractivity contribution in [2.45, 2.75) is 13.1 Å². The van der Waals surface area contributed by atoms with Gasteiger partial charge in [-0.05, 0) is 65.2 Å². The number of aryl methyl sites for hydroxylation is 1. The van der Waals surface area contributed by atoms with Crippen LogP contribution in [-0.4, -0.2) is 20.1 Å². The summed E-state index contributed by atoms with van der Waals surface area (Å²) in [4.78, 5) is 13.1. The van der Waals surface area contributed by atoms with Gasteiger partial charge in [-0.25, -0.2) is 0 Å². The summed E-state index contributed by atoms with van der Waals surface area (Å²) in [5.74, 6) is 0.353. The number of amides is 1. The number of carbonyl (C=O) groups is 1. The first-order chi connectivity index (χ1) is 16.2. The summed E-state index contributed by atoms with van der Waals surface area (Å²) in [7, 11) is 3.05. The van der Waals surface area contributed by atoms with Crippen LogP contribution >= 0.6 is 0 Å². The van der Waals surface area contributed by atoms with E-state index >= 15 is 0 Å². The van der Waals surface area contributed by atoms with Crippen molar-refractivity contribution in [2.24, 2.45) is 0 Å². The largest absolute Gasteiger partial charge is 0.493 e. The second kappa shape index (κ2) is 9.09. The van der Waals surface area contributed by atoms with Crippen LogP contribution in [0.5, 0.6) is 11.5 Å². The first-order valence-corrected chi connectivity index (χ1v) is 10.5. The molecule has 0 unspecified atom stereocenters. The molecule has 0 aliphatic heterocycles. The molecular weight excluding hydrogens is 443 g/mol. The van der Waals surface area contributed by atoms with Crippen LogP contribution < -0.4 is 14.8 Å². The standard InChI is InChI=1S/C27H22F3NO3/c1-16-8-10-17(11-9-16)20-13-19(12-18-14-24(33-2)25(34-3)15-21(18)20)26(32)31-23-7-5-4-6-22(23)27(28,29)30/h4-15H,1-3H3,(H,31,32). The molecule has 34 heavy (non-hydrogen) atoms. The second-order valence-corrected chi connectivity index (χ2v) is 7.82. The van der Waals surface area contributed by atoms with Crippen molar-refractivity contribution in [1.29, 1.82) is 0 Å². The molecule has 4 rings (SSSR count). The van der Waals surface area contributed by atoms with Crippen molar-refractivity contribution < 1.29 is 27.4 Å². The number of benzene rings is 4. The molecule has 0 saturated heterocycles. The minimum atomic E-state index is -4.59. The highest BCUT2D eigenvalue weighted by molar-refractivity contribution is 6.10. The molecule has 0 fully saturated rings. The molecule has 0 aliphatic carbocycles. The van der Waals surface area contributed by atoms with Gasteiger partial charge in [0.2, 0.25) is 0 Å². The highest BCUT2D eigenvalue weighted by Gasteiger charge is 2.33. The summed E-state index contributed by atoms with van der Waals surface area (Å²) in [5, 5.41) is 3.92. The molecule has 0 spiro atoms. The number of nitrogens with one attached hydrogen (secondary N) is 1. The molecule has 7 heteroatoms. The third-order valence-corrected chi connectivity index (χ3v) is 5.56. The van der Waals surface area contributed by atoms with Gasteiger partial charge >= 0.3 is 6.18 Å². The summed E-state index contributed by atoms with van der Waals surface area (Å²) < 4.78 is 51.1. The predicted octanol–water partition coefficient (Wildman–Crippen LogP) is 7.10. The van der Waals surface area contributed by atoms with Gasteiger partial charge in [-0.3, -0.25) is 4.79 Å². The monoisotopic (exact) mass is 465 g/mol. The zero-order valence-corrected chi connectivity index (χ0v) is 18.8. The van der Waals surface area contributed by atoms with E-state index in [2.05, 4.69) is 5.32 Å². The number of halogens is 3. The van der Waals surface area contributed by atoms with E-state index in [1.165, 1.54) is 32.4 Å². The molecule has 1 N–H and O–H groups in total. The maximum Gasteiger partial charge on any atom is 0.418 e. The number of methoxy groups -OCH3 is 2. The van der Waals surface area contributed by atoms with E-state index in [1.54, 1.807) is 18.2 Å². The molecule has 0 atom stereocenters. The number of anilines is 1. The zero-order chi connectivity index (χ0) is 24.5. The Morgan fingerprint density at radius 2 is 1.50 bits per heavy atom. The smallest absolute Gasteiger partial charge is 0.418 e. The van der Waals surface area contributed by atoms with Gasteiger partial charge in [-0.2, -0.15) is 13.2 Å². The fourth-order valence-electron chi connectivity index (χ4n) is 3.83. The van der Waals surface area contributed by atoms with Crippen molar-refractivity contribution in [3.8, 4) is 22.6 Å². The number of hydrogen-bond acceptors (Lipinski definition) is 3. The summed E-state index contributed by atoms with van der Waals surface area (Å²) in [5.41, 5.74) is 1.68. The first-order valence-electron chi connectivity index (χ1n) is 10.5. The van der Waals surface area contributed by atoms with Gasteiger partial charge < -0.3 is 14.8 Å². The van der Waals surface area contributed by atoms with Crippen molar-refractivity contribution >= 4 is 22.4 Å². The quantitative estimate of drug-likeness (QED) is 0.342. The van der Waals surface area contributed by atoms with Crippen LogP contribution in [0, 0.1) is 6.92 Å². The van der Waals surface area contributed by atoms with Crippen LogP contribution in [0.3, 0.4) is 0 Å². The number of hydrogen-bond donors (Lipinski definition) is 1. The fourth-order valence-corrected chi connectivity index (χ4v) is 3.83. The number of para-hydroxylation sites is 1. The molecule has 4 aromatic carbocycles. The molecule has 0 saturated carbocycles. The molecule has 174 valence electrons. The topological polar surface area (TPSA) is 47.6 Å². The zero-order valence-electron chi connectivity index (χ0n) is 18.8. The molecule has 0 bridgehead atoms. The number of carbonyl (C=O) groups excluding carboxylic acids is 1. The Hall–Kier alpha value is -4.00. The van der Waals surface area contributed by atoms with E-state index in [4.69, 9.17) is 9.47 Å². The maximum absolute atomic E-state index is 13.4. The maximum atomic E-state index is 13.4. The molecule has 1 amide bonds. The Balaban J connectivity index is 1.87. The van der Waals surface area contributed by atoms with Crippen LogP contribution in [0.2, 0.25) is 0 Å². The molecule has 0 aliphatic rings. The average Bonchev–Trinajstić information content (AvgIpc) is 2.82. The lowest BCUT2D eigenvalue weighted by molar-refractivity contribution is -0.136. The van der Waals surface area contributed by atoms with Crippen LogP contribution in [0.1, 0.15) is 21.5 Å². The van der Waals surface area contributed by atoms with Crippen LogP contribution in [-0.2, 0) is 6.18 Å². The minimum absolute atomic E-state index is 0.215. The van der Waals surface area contributed by atoms with Gasteiger partial charge in [0.05, 0.1) is 25.5 Å². The second-order valence-electron chi connectivity index (χ2n) is 7.82. The number of rotatable bonds is 5. The Bertz CT molecular complexity index is 1360. The Morgan fingerprint density at radius 1 is 0.853 bits per heavy atom. The third-order valence-electron chi connectivity index (χ3n) is 5.56. The van der Waals surface area contributed by atoms with E-state index in [0.29, 0.717) is 16.9 Å². The van der Waals surface area contributed by atoms with E-state index in [9.17, 15) is 18.0 Å². The SMILES string of the molecule is COc1cc2cc(C(=O)Nc3ccccc3C(F)(F)F)cc(-c3ccc(C)cc3)c2cc1OC. The van der Waals surface area contributed by atoms with E-state index < -0.39 is 17.6 Å². The van der Waals surface area contributed by atoms with Crippen molar-refractivity contribution in [2.75, 3.05) is 19.5 Å². The van der Waals surface area contributed by atoms with Crippen molar-refractivity contribution in [3.63, 3.8) is 0 Å². The van der Waals surface area contributed by atoms with Gasteiger partial charge in [0, 0.05) is 5.56 Å². The van der Waals surface area contributed by atoms with Crippen molar-refractivity contribution in [3.05, 3.63) is 89.5 Å². The molecule has 4 nitrogen and oxygen atoms in total. The Labute approximate surface area is 194 Å². The third kappa shape index (κ3) is 4.55. The lowest BCUT2D eigenvalue weighted by Gasteiger charge is -2.16. The summed E-state index contributed by atoms with van der Waals surface area (Å²) >= 11 is 0. The van der Waals surface area contributed by atoms with Crippen LogP contribution in [0.25, 0.3) is 21.9 Å². The average molecular weight is 465 g/mol. The number of ether oxygens (including phenoxy) is 2. The summed E-state index contributed by atoms with van der Waals surface area (Å²) in [6.07, 6.45) is -4.59. The van der Waals surface area contributed by atoms with E-state index in [-0.39, 0.29) is 11.3 Å². The normalized spacial score (nSPS) is 11.4. The molecule has 4 aromatic rings. The van der Waals surface area contributed by atoms with E-state index in [1.807, 2.05) is 37.3 Å². The van der Waals surface area contributed by atoms with Gasteiger partial charge in [-0.1, -0.05) is 42.0 Å². The first kappa shape index (κ1) is 23.2. The lowest BCUT2D eigenvalue weighted by atomic mass is 9.94. The van der Waals surface area contributed by atoms with Gasteiger partial charge in [0.25, 0.3) is 5.91 Å². The van der Waals surface area contributed by atoms with Crippen molar-refractivity contribution in [1.82, 2.24) is 0 Å². The summed E-state index contributed by atoms with van der Waals surface area (Å²) in [6, 6.07) is 19.5. The molecule has 0 aromatic heterocycles. The van der Waals surface area contributed by atoms with Crippen LogP contribution in [0.15, 0.2) is 72.8 Å². The predicted molar refractivity (Wildman–Crippen MR) is 127 cm³/mol. The van der Waals surface area contributed by atoms with E-state index in [0.717, 1.165) is 28.1 Å².